The van der Waals surface area contributed by atoms with Gasteiger partial charge in [0, 0.05) is 30.4 Å². The van der Waals surface area contributed by atoms with Gasteiger partial charge < -0.3 is 10.0 Å². The Morgan fingerprint density at radius 3 is 2.04 bits per heavy atom. The highest BCUT2D eigenvalue weighted by atomic mass is 35.5. The summed E-state index contributed by atoms with van der Waals surface area (Å²) in [6.45, 7) is 0. The number of rotatable bonds is 4. The zero-order valence-corrected chi connectivity index (χ0v) is 14.0. The van der Waals surface area contributed by atoms with E-state index in [1.807, 2.05) is 0 Å². The lowest BCUT2D eigenvalue weighted by Gasteiger charge is -2.39. The second-order valence-corrected chi connectivity index (χ2v) is 6.14. The van der Waals surface area contributed by atoms with E-state index < -0.39 is 28.8 Å². The number of nitrogens with zero attached hydrogens (tertiary/aromatic N) is 1. The maximum absolute atomic E-state index is 14.5. The Morgan fingerprint density at radius 2 is 1.52 bits per heavy atom. The minimum absolute atomic E-state index is 0.0221. The molecule has 0 saturated carbocycles. The van der Waals surface area contributed by atoms with Gasteiger partial charge in [-0.1, -0.05) is 41.9 Å². The first-order chi connectivity index (χ1) is 11.4. The fraction of sp³-hybridized carbons (Fsp3) is 0.294. The minimum Gasteiger partial charge on any atom is -0.377 e. The van der Waals surface area contributed by atoms with Gasteiger partial charge in [0.2, 0.25) is 0 Å². The highest BCUT2D eigenvalue weighted by Gasteiger charge is 2.71. The van der Waals surface area contributed by atoms with E-state index in [0.29, 0.717) is 0 Å². The van der Waals surface area contributed by atoms with Gasteiger partial charge >= 0.3 is 12.1 Å². The molecule has 2 rings (SSSR count). The summed E-state index contributed by atoms with van der Waals surface area (Å²) in [5.41, 5.74) is -4.87. The Bertz CT molecular complexity index is 763. The molecule has 2 aromatic carbocycles. The van der Waals surface area contributed by atoms with Gasteiger partial charge in [-0.15, -0.1) is 0 Å². The number of halogens is 6. The molecule has 25 heavy (non-hydrogen) atoms. The van der Waals surface area contributed by atoms with Crippen LogP contribution >= 0.6 is 11.6 Å². The van der Waals surface area contributed by atoms with Crippen molar-refractivity contribution in [3.05, 3.63) is 64.7 Å². The molecule has 8 heteroatoms. The Balaban J connectivity index is 2.88. The van der Waals surface area contributed by atoms with Crippen LogP contribution in [0, 0.1) is 0 Å². The van der Waals surface area contributed by atoms with E-state index in [1.54, 1.807) is 0 Å². The topological polar surface area (TPSA) is 23.5 Å². The van der Waals surface area contributed by atoms with Crippen molar-refractivity contribution in [1.29, 1.82) is 0 Å². The summed E-state index contributed by atoms with van der Waals surface area (Å²) in [5.74, 6) is -5.46. The van der Waals surface area contributed by atoms with E-state index in [-0.39, 0.29) is 10.7 Å². The fourth-order valence-corrected chi connectivity index (χ4v) is 2.78. The van der Waals surface area contributed by atoms with Crippen LogP contribution in [0.5, 0.6) is 0 Å². The zero-order chi connectivity index (χ0) is 19.0. The van der Waals surface area contributed by atoms with Gasteiger partial charge in [0.25, 0.3) is 0 Å². The van der Waals surface area contributed by atoms with Crippen LogP contribution in [-0.4, -0.2) is 31.3 Å². The second kappa shape index (κ2) is 6.46. The van der Waals surface area contributed by atoms with Crippen LogP contribution in [-0.2, 0) is 5.60 Å². The molecule has 0 aliphatic heterocycles. The van der Waals surface area contributed by atoms with Crippen LogP contribution in [0.4, 0.5) is 27.6 Å². The summed E-state index contributed by atoms with van der Waals surface area (Å²) in [5, 5.41) is 10.7. The summed E-state index contributed by atoms with van der Waals surface area (Å²) < 4.78 is 68.5. The van der Waals surface area contributed by atoms with E-state index in [1.165, 1.54) is 49.3 Å². The molecule has 1 N–H and O–H groups in total. The SMILES string of the molecule is CN(C)c1ccccc1C(O)(c1cccc(Cl)c1)C(F)(F)C(F)(F)F. The lowest BCUT2D eigenvalue weighted by atomic mass is 9.79. The Labute approximate surface area is 146 Å². The number of benzene rings is 2. The average molecular weight is 380 g/mol. The quantitative estimate of drug-likeness (QED) is 0.768. The molecule has 2 nitrogen and oxygen atoms in total. The van der Waals surface area contributed by atoms with Crippen molar-refractivity contribution < 1.29 is 27.1 Å². The molecule has 0 amide bonds. The summed E-state index contributed by atoms with van der Waals surface area (Å²) in [6.07, 6.45) is -5.98. The number of hydrogen-bond acceptors (Lipinski definition) is 2. The van der Waals surface area contributed by atoms with Crippen molar-refractivity contribution in [3.63, 3.8) is 0 Å². The lowest BCUT2D eigenvalue weighted by Crippen LogP contribution is -2.56. The van der Waals surface area contributed by atoms with E-state index in [2.05, 4.69) is 0 Å². The predicted molar refractivity (Wildman–Crippen MR) is 86.2 cm³/mol. The van der Waals surface area contributed by atoms with E-state index >= 15 is 0 Å². The molecule has 0 aromatic heterocycles. The molecule has 0 radical (unpaired) electrons. The smallest absolute Gasteiger partial charge is 0.377 e. The van der Waals surface area contributed by atoms with Crippen LogP contribution in [0.15, 0.2) is 48.5 Å². The molecule has 136 valence electrons. The number of para-hydroxylation sites is 1. The standard InChI is InChI=1S/C17H15ClF5NO/c1-24(2)14-9-4-3-8-13(14)15(25,16(19,20)17(21,22)23)11-6-5-7-12(18)10-11/h3-10,25H,1-2H3. The molecule has 0 aliphatic rings. The van der Waals surface area contributed by atoms with Gasteiger partial charge in [0.05, 0.1) is 0 Å². The molecular formula is C17H15ClF5NO. The second-order valence-electron chi connectivity index (χ2n) is 5.70. The Hall–Kier alpha value is -1.86. The third-order valence-corrected chi connectivity index (χ3v) is 4.06. The van der Waals surface area contributed by atoms with Gasteiger partial charge in [-0.05, 0) is 23.8 Å². The molecule has 0 saturated heterocycles. The number of hydrogen-bond donors (Lipinski definition) is 1. The maximum atomic E-state index is 14.5. The number of alkyl halides is 5. The van der Waals surface area contributed by atoms with Crippen molar-refractivity contribution >= 4 is 17.3 Å². The van der Waals surface area contributed by atoms with Gasteiger partial charge in [-0.2, -0.15) is 22.0 Å². The van der Waals surface area contributed by atoms with Crippen LogP contribution in [0.25, 0.3) is 0 Å². The summed E-state index contributed by atoms with van der Waals surface area (Å²) in [4.78, 5) is 1.34. The van der Waals surface area contributed by atoms with E-state index in [0.717, 1.165) is 18.2 Å². The maximum Gasteiger partial charge on any atom is 0.457 e. The third-order valence-electron chi connectivity index (χ3n) is 3.83. The molecule has 0 spiro atoms. The first kappa shape index (κ1) is 19.5. The largest absolute Gasteiger partial charge is 0.457 e. The number of aliphatic hydroxyl groups is 1. The van der Waals surface area contributed by atoms with Crippen LogP contribution < -0.4 is 4.90 Å². The highest BCUT2D eigenvalue weighted by molar-refractivity contribution is 6.30. The molecule has 0 fully saturated rings. The molecule has 1 atom stereocenters. The molecular weight excluding hydrogens is 365 g/mol. The fourth-order valence-electron chi connectivity index (χ4n) is 2.59. The van der Waals surface area contributed by atoms with Crippen LogP contribution in [0.2, 0.25) is 5.02 Å². The van der Waals surface area contributed by atoms with E-state index in [9.17, 15) is 27.1 Å². The minimum atomic E-state index is -5.98. The van der Waals surface area contributed by atoms with Crippen LogP contribution in [0.3, 0.4) is 0 Å². The van der Waals surface area contributed by atoms with Gasteiger partial charge in [0.15, 0.2) is 5.60 Å². The first-order valence-electron chi connectivity index (χ1n) is 7.12. The van der Waals surface area contributed by atoms with Crippen molar-refractivity contribution in [3.8, 4) is 0 Å². The zero-order valence-electron chi connectivity index (χ0n) is 13.3. The lowest BCUT2D eigenvalue weighted by molar-refractivity contribution is -0.336. The summed E-state index contributed by atoms with van der Waals surface area (Å²) in [6, 6.07) is 9.54. The summed E-state index contributed by atoms with van der Waals surface area (Å²) in [7, 11) is 2.95. The molecule has 0 heterocycles. The predicted octanol–water partition coefficient (Wildman–Crippen LogP) is 4.84. The van der Waals surface area contributed by atoms with Crippen LogP contribution in [0.1, 0.15) is 11.1 Å². The number of anilines is 1. The molecule has 0 aliphatic carbocycles. The third kappa shape index (κ3) is 3.18. The first-order valence-corrected chi connectivity index (χ1v) is 7.50. The normalized spacial score (nSPS) is 14.9. The molecule has 2 aromatic rings. The molecule has 1 unspecified atom stereocenters. The van der Waals surface area contributed by atoms with E-state index in [4.69, 9.17) is 11.6 Å². The Morgan fingerprint density at radius 1 is 0.920 bits per heavy atom. The van der Waals surface area contributed by atoms with Gasteiger partial charge in [0.1, 0.15) is 0 Å². The monoisotopic (exact) mass is 379 g/mol. The summed E-state index contributed by atoms with van der Waals surface area (Å²) >= 11 is 5.76. The van der Waals surface area contributed by atoms with Crippen molar-refractivity contribution in [2.24, 2.45) is 0 Å². The van der Waals surface area contributed by atoms with Crippen molar-refractivity contribution in [1.82, 2.24) is 0 Å². The Kier molecular flexibility index (Phi) is 5.03. The van der Waals surface area contributed by atoms with Crippen molar-refractivity contribution in [2.45, 2.75) is 17.7 Å². The van der Waals surface area contributed by atoms with Gasteiger partial charge in [-0.3, -0.25) is 0 Å². The highest BCUT2D eigenvalue weighted by Crippen LogP contribution is 2.53. The van der Waals surface area contributed by atoms with Gasteiger partial charge in [-0.25, -0.2) is 0 Å². The average Bonchev–Trinajstić information content (AvgIpc) is 2.52. The van der Waals surface area contributed by atoms with Crippen molar-refractivity contribution in [2.75, 3.05) is 19.0 Å². The molecule has 0 bridgehead atoms.